The molecule has 1 unspecified atom stereocenters. The van der Waals surface area contributed by atoms with E-state index in [2.05, 4.69) is 22.5 Å². The van der Waals surface area contributed by atoms with Gasteiger partial charge in [0.1, 0.15) is 6.04 Å². The Labute approximate surface area is 165 Å². The molecule has 7 nitrogen and oxygen atoms in total. The highest BCUT2D eigenvalue weighted by atomic mass is 16.2. The quantitative estimate of drug-likeness (QED) is 0.758. The van der Waals surface area contributed by atoms with Crippen LogP contribution in [0, 0.1) is 0 Å². The SMILES string of the molecule is CNC1(C)CCN(Cc2cccc3c2C(=O)N(C2CCC(=O)NC2=O)C3)CC1. The number of benzene rings is 1. The second kappa shape index (κ2) is 7.29. The summed E-state index contributed by atoms with van der Waals surface area (Å²) in [6, 6.07) is 5.43. The lowest BCUT2D eigenvalue weighted by molar-refractivity contribution is -0.136. The third kappa shape index (κ3) is 3.44. The van der Waals surface area contributed by atoms with E-state index in [-0.39, 0.29) is 29.7 Å². The molecule has 0 spiro atoms. The zero-order valence-corrected chi connectivity index (χ0v) is 16.6. The molecule has 0 saturated carbocycles. The number of nitrogens with one attached hydrogen (secondary N) is 2. The lowest BCUT2D eigenvalue weighted by Gasteiger charge is -2.39. The smallest absolute Gasteiger partial charge is 0.255 e. The maximum Gasteiger partial charge on any atom is 0.255 e. The third-order valence-corrected chi connectivity index (χ3v) is 6.60. The molecule has 2 fully saturated rings. The van der Waals surface area contributed by atoms with Crippen molar-refractivity contribution in [3.05, 3.63) is 34.9 Å². The van der Waals surface area contributed by atoms with Gasteiger partial charge in [0.25, 0.3) is 5.91 Å². The van der Waals surface area contributed by atoms with Crippen LogP contribution >= 0.6 is 0 Å². The highest BCUT2D eigenvalue weighted by Crippen LogP contribution is 2.31. The van der Waals surface area contributed by atoms with Gasteiger partial charge in [-0.25, -0.2) is 0 Å². The van der Waals surface area contributed by atoms with Gasteiger partial charge in [0.05, 0.1) is 0 Å². The molecule has 28 heavy (non-hydrogen) atoms. The van der Waals surface area contributed by atoms with Crippen LogP contribution in [0.4, 0.5) is 0 Å². The second-order valence-electron chi connectivity index (χ2n) is 8.44. The molecular formula is C21H28N4O3. The number of piperidine rings is 2. The summed E-state index contributed by atoms with van der Waals surface area (Å²) < 4.78 is 0. The van der Waals surface area contributed by atoms with Crippen molar-refractivity contribution in [2.24, 2.45) is 0 Å². The fourth-order valence-corrected chi connectivity index (χ4v) is 4.52. The van der Waals surface area contributed by atoms with E-state index in [0.717, 1.165) is 49.2 Å². The minimum Gasteiger partial charge on any atom is -0.322 e. The van der Waals surface area contributed by atoms with Crippen LogP contribution < -0.4 is 10.6 Å². The van der Waals surface area contributed by atoms with E-state index in [1.165, 1.54) is 0 Å². The van der Waals surface area contributed by atoms with Crippen LogP contribution in [0.1, 0.15) is 54.1 Å². The molecule has 3 amide bonds. The summed E-state index contributed by atoms with van der Waals surface area (Å²) in [4.78, 5) is 40.9. The molecule has 0 aromatic heterocycles. The van der Waals surface area contributed by atoms with Gasteiger partial charge >= 0.3 is 0 Å². The first-order chi connectivity index (χ1) is 13.4. The normalized spacial score (nSPS) is 25.0. The van der Waals surface area contributed by atoms with Crippen LogP contribution in [-0.4, -0.2) is 59.2 Å². The molecule has 1 atom stereocenters. The van der Waals surface area contributed by atoms with Gasteiger partial charge in [-0.15, -0.1) is 0 Å². The summed E-state index contributed by atoms with van der Waals surface area (Å²) in [6.45, 7) is 5.42. The fraction of sp³-hybridized carbons (Fsp3) is 0.571. The number of carbonyl (C=O) groups is 3. The van der Waals surface area contributed by atoms with Crippen molar-refractivity contribution in [3.63, 3.8) is 0 Å². The predicted molar refractivity (Wildman–Crippen MR) is 104 cm³/mol. The van der Waals surface area contributed by atoms with Crippen LogP contribution in [0.5, 0.6) is 0 Å². The fourth-order valence-electron chi connectivity index (χ4n) is 4.52. The zero-order valence-electron chi connectivity index (χ0n) is 16.6. The molecule has 0 aliphatic carbocycles. The molecule has 1 aromatic carbocycles. The average Bonchev–Trinajstić information content (AvgIpc) is 3.01. The molecule has 1 aromatic rings. The van der Waals surface area contributed by atoms with Gasteiger partial charge in [0.15, 0.2) is 0 Å². The van der Waals surface area contributed by atoms with Gasteiger partial charge in [-0.2, -0.15) is 0 Å². The summed E-state index contributed by atoms with van der Waals surface area (Å²) >= 11 is 0. The first kappa shape index (κ1) is 19.1. The van der Waals surface area contributed by atoms with E-state index in [0.29, 0.717) is 13.0 Å². The van der Waals surface area contributed by atoms with E-state index in [9.17, 15) is 14.4 Å². The minimum absolute atomic E-state index is 0.0860. The number of hydrogen-bond donors (Lipinski definition) is 2. The Kier molecular flexibility index (Phi) is 4.97. The molecule has 150 valence electrons. The number of amides is 3. The van der Waals surface area contributed by atoms with Crippen LogP contribution in [0.15, 0.2) is 18.2 Å². The number of likely N-dealkylation sites (tertiary alicyclic amines) is 1. The predicted octanol–water partition coefficient (Wildman–Crippen LogP) is 1.02. The van der Waals surface area contributed by atoms with Gasteiger partial charge < -0.3 is 10.2 Å². The van der Waals surface area contributed by atoms with Gasteiger partial charge in [0.2, 0.25) is 11.8 Å². The molecule has 2 saturated heterocycles. The molecule has 3 aliphatic rings. The van der Waals surface area contributed by atoms with Crippen molar-refractivity contribution in [1.29, 1.82) is 0 Å². The summed E-state index contributed by atoms with van der Waals surface area (Å²) in [7, 11) is 2.02. The van der Waals surface area contributed by atoms with E-state index in [1.54, 1.807) is 4.90 Å². The van der Waals surface area contributed by atoms with Gasteiger partial charge in [-0.1, -0.05) is 18.2 Å². The highest BCUT2D eigenvalue weighted by molar-refractivity contribution is 6.05. The van der Waals surface area contributed by atoms with Gasteiger partial charge in [0, 0.05) is 43.7 Å². The van der Waals surface area contributed by atoms with Crippen molar-refractivity contribution in [1.82, 2.24) is 20.4 Å². The monoisotopic (exact) mass is 384 g/mol. The van der Waals surface area contributed by atoms with Crippen LogP contribution in [0.3, 0.4) is 0 Å². The third-order valence-electron chi connectivity index (χ3n) is 6.60. The number of rotatable bonds is 4. The molecule has 7 heteroatoms. The van der Waals surface area contributed by atoms with Crippen molar-refractivity contribution >= 4 is 17.7 Å². The molecule has 0 bridgehead atoms. The van der Waals surface area contributed by atoms with Crippen LogP contribution in [-0.2, 0) is 22.7 Å². The van der Waals surface area contributed by atoms with E-state index >= 15 is 0 Å². The first-order valence-corrected chi connectivity index (χ1v) is 10.1. The Morgan fingerprint density at radius 3 is 2.64 bits per heavy atom. The molecule has 2 N–H and O–H groups in total. The van der Waals surface area contributed by atoms with Gasteiger partial charge in [-0.05, 0) is 44.4 Å². The van der Waals surface area contributed by atoms with Crippen molar-refractivity contribution < 1.29 is 14.4 Å². The van der Waals surface area contributed by atoms with Gasteiger partial charge in [-0.3, -0.25) is 24.6 Å². The Morgan fingerprint density at radius 2 is 1.96 bits per heavy atom. The highest BCUT2D eigenvalue weighted by Gasteiger charge is 2.40. The van der Waals surface area contributed by atoms with E-state index in [1.807, 2.05) is 25.2 Å². The standard InChI is InChI=1S/C21H28N4O3/c1-21(22-2)8-10-24(11-9-21)12-14-4-3-5-15-13-25(20(28)18(14)15)16-6-7-17(26)23-19(16)27/h3-5,16,22H,6-13H2,1-2H3,(H,23,26,27). The average molecular weight is 384 g/mol. The van der Waals surface area contributed by atoms with Crippen molar-refractivity contribution in [2.45, 2.75) is 57.3 Å². The summed E-state index contributed by atoms with van der Waals surface area (Å²) in [5, 5.41) is 5.77. The van der Waals surface area contributed by atoms with Crippen molar-refractivity contribution in [2.75, 3.05) is 20.1 Å². The van der Waals surface area contributed by atoms with E-state index in [4.69, 9.17) is 0 Å². The lowest BCUT2D eigenvalue weighted by atomic mass is 9.89. The topological polar surface area (TPSA) is 81.8 Å². The number of carbonyl (C=O) groups excluding carboxylic acids is 3. The molecule has 3 heterocycles. The Morgan fingerprint density at radius 1 is 1.21 bits per heavy atom. The Bertz CT molecular complexity index is 814. The first-order valence-electron chi connectivity index (χ1n) is 10.1. The number of nitrogens with zero attached hydrogens (tertiary/aromatic N) is 2. The number of hydrogen-bond acceptors (Lipinski definition) is 5. The summed E-state index contributed by atoms with van der Waals surface area (Å²) in [5.74, 6) is -0.705. The Hall–Kier alpha value is -2.25. The largest absolute Gasteiger partial charge is 0.322 e. The zero-order chi connectivity index (χ0) is 19.9. The lowest BCUT2D eigenvalue weighted by Crippen LogP contribution is -2.52. The minimum atomic E-state index is -0.559. The van der Waals surface area contributed by atoms with E-state index < -0.39 is 6.04 Å². The number of fused-ring (bicyclic) bond motifs is 1. The van der Waals surface area contributed by atoms with Crippen molar-refractivity contribution in [3.8, 4) is 0 Å². The number of imide groups is 1. The summed E-state index contributed by atoms with van der Waals surface area (Å²) in [6.07, 6.45) is 2.83. The maximum atomic E-state index is 13.2. The molecule has 3 aliphatic heterocycles. The molecule has 0 radical (unpaired) electrons. The molecular weight excluding hydrogens is 356 g/mol. The molecule has 4 rings (SSSR count). The second-order valence-corrected chi connectivity index (χ2v) is 8.44. The Balaban J connectivity index is 1.50. The van der Waals surface area contributed by atoms with Crippen LogP contribution in [0.2, 0.25) is 0 Å². The summed E-state index contributed by atoms with van der Waals surface area (Å²) in [5.41, 5.74) is 2.94. The maximum absolute atomic E-state index is 13.2. The van der Waals surface area contributed by atoms with Crippen LogP contribution in [0.25, 0.3) is 0 Å².